The molecule has 0 saturated carbocycles. The van der Waals surface area contributed by atoms with Crippen molar-refractivity contribution in [3.05, 3.63) is 92.1 Å². The molecule has 2 heterocycles. The molecule has 0 spiro atoms. The number of phenolic OH excluding ortho intramolecular Hbond substituents is 1. The molecule has 164 valence electrons. The molecule has 1 atom stereocenters. The Morgan fingerprint density at radius 3 is 2.44 bits per heavy atom. The molecule has 3 N–H and O–H groups in total. The molecular weight excluding hydrogens is 412 g/mol. The first kappa shape index (κ1) is 21.1. The van der Waals surface area contributed by atoms with E-state index in [0.717, 1.165) is 15.7 Å². The SMILES string of the molecule is CCC(=O)N1N=C(c2c(O)n(Cc3ccccc3)c(=O)[nH]c2=O)CC1c1ccc(O)cc1. The molecule has 0 fully saturated rings. The molecule has 4 rings (SSSR count). The van der Waals surface area contributed by atoms with E-state index in [0.29, 0.717) is 0 Å². The van der Waals surface area contributed by atoms with Crippen molar-refractivity contribution in [3.63, 3.8) is 0 Å². The van der Waals surface area contributed by atoms with Crippen LogP contribution in [0.15, 0.2) is 69.3 Å². The molecule has 32 heavy (non-hydrogen) atoms. The zero-order valence-corrected chi connectivity index (χ0v) is 17.4. The van der Waals surface area contributed by atoms with Crippen LogP contribution in [-0.4, -0.2) is 36.4 Å². The minimum absolute atomic E-state index is 0.0571. The third-order valence-electron chi connectivity index (χ3n) is 5.39. The third-order valence-corrected chi connectivity index (χ3v) is 5.39. The molecule has 9 nitrogen and oxygen atoms in total. The van der Waals surface area contributed by atoms with Gasteiger partial charge in [0.1, 0.15) is 11.3 Å². The number of amides is 1. The van der Waals surface area contributed by atoms with Crippen molar-refractivity contribution in [2.45, 2.75) is 32.4 Å². The quantitative estimate of drug-likeness (QED) is 0.566. The van der Waals surface area contributed by atoms with E-state index in [9.17, 15) is 24.6 Å². The predicted molar refractivity (Wildman–Crippen MR) is 118 cm³/mol. The molecule has 2 aromatic carbocycles. The van der Waals surface area contributed by atoms with Gasteiger partial charge in [0.15, 0.2) is 0 Å². The standard InChI is InChI=1S/C23H22N4O5/c1-2-19(29)27-18(15-8-10-16(28)11-9-15)12-17(25-27)20-21(30)24-23(32)26(22(20)31)13-14-6-4-3-5-7-14/h3-11,18,28,31H,2,12-13H2,1H3,(H,24,30,32). The Kier molecular flexibility index (Phi) is 5.63. The van der Waals surface area contributed by atoms with Crippen molar-refractivity contribution in [1.29, 1.82) is 0 Å². The summed E-state index contributed by atoms with van der Waals surface area (Å²) in [6, 6.07) is 14.9. The highest BCUT2D eigenvalue weighted by molar-refractivity contribution is 6.04. The summed E-state index contributed by atoms with van der Waals surface area (Å²) in [5.74, 6) is -0.674. The first-order valence-electron chi connectivity index (χ1n) is 10.2. The molecule has 0 aliphatic carbocycles. The largest absolute Gasteiger partial charge is 0.508 e. The van der Waals surface area contributed by atoms with Crippen molar-refractivity contribution in [3.8, 4) is 11.6 Å². The molecule has 1 aliphatic rings. The molecule has 0 bridgehead atoms. The van der Waals surface area contributed by atoms with Gasteiger partial charge in [-0.25, -0.2) is 9.80 Å². The summed E-state index contributed by atoms with van der Waals surface area (Å²) in [5.41, 5.74) is 0.0279. The lowest BCUT2D eigenvalue weighted by molar-refractivity contribution is -0.132. The van der Waals surface area contributed by atoms with Gasteiger partial charge in [0, 0.05) is 12.8 Å². The Bertz CT molecular complexity index is 1290. The molecular formula is C23H22N4O5. The fourth-order valence-corrected chi connectivity index (χ4v) is 3.74. The van der Waals surface area contributed by atoms with Crippen LogP contribution in [0.3, 0.4) is 0 Å². The Morgan fingerprint density at radius 2 is 1.78 bits per heavy atom. The summed E-state index contributed by atoms with van der Waals surface area (Å²) in [6.07, 6.45) is 0.359. The smallest absolute Gasteiger partial charge is 0.331 e. The number of carbonyl (C=O) groups is 1. The number of hydrazone groups is 1. The Morgan fingerprint density at radius 1 is 1.09 bits per heavy atom. The highest BCUT2D eigenvalue weighted by Crippen LogP contribution is 2.34. The van der Waals surface area contributed by atoms with E-state index in [1.54, 1.807) is 31.2 Å². The summed E-state index contributed by atoms with van der Waals surface area (Å²) in [4.78, 5) is 39.8. The number of aromatic nitrogens is 2. The van der Waals surface area contributed by atoms with Crippen LogP contribution in [0.5, 0.6) is 11.6 Å². The van der Waals surface area contributed by atoms with Gasteiger partial charge in [0.05, 0.1) is 18.3 Å². The van der Waals surface area contributed by atoms with Crippen LogP contribution >= 0.6 is 0 Å². The molecule has 1 amide bonds. The number of H-pyrrole nitrogens is 1. The second-order valence-electron chi connectivity index (χ2n) is 7.48. The van der Waals surface area contributed by atoms with E-state index in [1.165, 1.54) is 17.1 Å². The number of hydrogen-bond donors (Lipinski definition) is 3. The van der Waals surface area contributed by atoms with E-state index < -0.39 is 23.2 Å². The average molecular weight is 434 g/mol. The zero-order chi connectivity index (χ0) is 22.8. The van der Waals surface area contributed by atoms with E-state index >= 15 is 0 Å². The van der Waals surface area contributed by atoms with Crippen molar-refractivity contribution in [1.82, 2.24) is 14.6 Å². The summed E-state index contributed by atoms with van der Waals surface area (Å²) >= 11 is 0. The van der Waals surface area contributed by atoms with Crippen LogP contribution in [0, 0.1) is 0 Å². The summed E-state index contributed by atoms with van der Waals surface area (Å²) in [6.45, 7) is 1.76. The highest BCUT2D eigenvalue weighted by atomic mass is 16.3. The lowest BCUT2D eigenvalue weighted by atomic mass is 9.99. The number of carbonyl (C=O) groups excluding carboxylic acids is 1. The number of aromatic amines is 1. The first-order chi connectivity index (χ1) is 15.4. The van der Waals surface area contributed by atoms with Gasteiger partial charge in [0.2, 0.25) is 11.8 Å². The van der Waals surface area contributed by atoms with Crippen LogP contribution in [0.25, 0.3) is 0 Å². The predicted octanol–water partition coefficient (Wildman–Crippen LogP) is 2.08. The van der Waals surface area contributed by atoms with Crippen LogP contribution in [0.2, 0.25) is 0 Å². The maximum Gasteiger partial charge on any atom is 0.331 e. The van der Waals surface area contributed by atoms with E-state index in [2.05, 4.69) is 10.1 Å². The van der Waals surface area contributed by atoms with Crippen molar-refractivity contribution in [2.24, 2.45) is 5.10 Å². The van der Waals surface area contributed by atoms with Crippen LogP contribution in [0.1, 0.15) is 42.5 Å². The Hall–Kier alpha value is -4.14. The molecule has 0 saturated heterocycles. The number of nitrogens with one attached hydrogen (secondary N) is 1. The first-order valence-corrected chi connectivity index (χ1v) is 10.2. The third kappa shape index (κ3) is 3.92. The van der Waals surface area contributed by atoms with Crippen LogP contribution in [0.4, 0.5) is 0 Å². The number of nitrogens with zero attached hydrogens (tertiary/aromatic N) is 3. The topological polar surface area (TPSA) is 128 Å². The van der Waals surface area contributed by atoms with E-state index in [-0.39, 0.29) is 42.3 Å². The second-order valence-corrected chi connectivity index (χ2v) is 7.48. The number of hydrogen-bond acceptors (Lipinski definition) is 6. The summed E-state index contributed by atoms with van der Waals surface area (Å²) in [5, 5.41) is 26.1. The lowest BCUT2D eigenvalue weighted by Crippen LogP contribution is -2.34. The fraction of sp³-hybridized carbons (Fsp3) is 0.217. The average Bonchev–Trinajstić information content (AvgIpc) is 3.22. The van der Waals surface area contributed by atoms with Gasteiger partial charge < -0.3 is 10.2 Å². The molecule has 0 radical (unpaired) electrons. The van der Waals surface area contributed by atoms with Gasteiger partial charge in [-0.2, -0.15) is 5.10 Å². The van der Waals surface area contributed by atoms with Gasteiger partial charge in [-0.3, -0.25) is 19.1 Å². The second kappa shape index (κ2) is 8.54. The molecule has 9 heteroatoms. The number of phenols is 1. The van der Waals surface area contributed by atoms with E-state index in [1.807, 2.05) is 18.2 Å². The normalized spacial score (nSPS) is 15.6. The number of aromatic hydroxyl groups is 2. The molecule has 1 aliphatic heterocycles. The molecule has 3 aromatic rings. The number of benzene rings is 2. The molecule has 1 aromatic heterocycles. The maximum absolute atomic E-state index is 12.6. The van der Waals surface area contributed by atoms with Gasteiger partial charge >= 0.3 is 5.69 Å². The minimum Gasteiger partial charge on any atom is -0.508 e. The van der Waals surface area contributed by atoms with Crippen LogP contribution in [-0.2, 0) is 11.3 Å². The van der Waals surface area contributed by atoms with Crippen LogP contribution < -0.4 is 11.2 Å². The monoisotopic (exact) mass is 434 g/mol. The Labute approximate surface area is 182 Å². The summed E-state index contributed by atoms with van der Waals surface area (Å²) in [7, 11) is 0. The fourth-order valence-electron chi connectivity index (χ4n) is 3.74. The van der Waals surface area contributed by atoms with Gasteiger partial charge in [0.25, 0.3) is 5.56 Å². The zero-order valence-electron chi connectivity index (χ0n) is 17.4. The van der Waals surface area contributed by atoms with Crippen molar-refractivity contribution < 1.29 is 15.0 Å². The lowest BCUT2D eigenvalue weighted by Gasteiger charge is -2.21. The maximum atomic E-state index is 12.6. The number of rotatable bonds is 5. The van der Waals surface area contributed by atoms with Crippen molar-refractivity contribution in [2.75, 3.05) is 0 Å². The highest BCUT2D eigenvalue weighted by Gasteiger charge is 2.35. The van der Waals surface area contributed by atoms with Crippen molar-refractivity contribution >= 4 is 11.6 Å². The minimum atomic E-state index is -0.772. The summed E-state index contributed by atoms with van der Waals surface area (Å²) < 4.78 is 1.06. The van der Waals surface area contributed by atoms with E-state index in [4.69, 9.17) is 0 Å². The Balaban J connectivity index is 1.77. The molecule has 1 unspecified atom stereocenters. The van der Waals surface area contributed by atoms with Gasteiger partial charge in [-0.15, -0.1) is 0 Å². The van der Waals surface area contributed by atoms with Gasteiger partial charge in [-0.05, 0) is 23.3 Å². The van der Waals surface area contributed by atoms with Gasteiger partial charge in [-0.1, -0.05) is 49.4 Å².